The van der Waals surface area contributed by atoms with Crippen LogP contribution >= 0.6 is 0 Å². The molecular formula is C22H26N4O2. The van der Waals surface area contributed by atoms with Gasteiger partial charge < -0.3 is 18.8 Å². The van der Waals surface area contributed by atoms with Crippen molar-refractivity contribution in [3.63, 3.8) is 0 Å². The number of piperidine rings is 1. The van der Waals surface area contributed by atoms with Gasteiger partial charge in [-0.3, -0.25) is 4.79 Å². The minimum Gasteiger partial charge on any atom is -0.490 e. The number of aryl methyl sites for hydroxylation is 1. The van der Waals surface area contributed by atoms with E-state index in [1.54, 1.807) is 6.20 Å². The summed E-state index contributed by atoms with van der Waals surface area (Å²) in [6.07, 6.45) is 10.1. The maximum Gasteiger partial charge on any atom is 0.293 e. The normalized spacial score (nSPS) is 18.0. The summed E-state index contributed by atoms with van der Waals surface area (Å²) in [7, 11) is 2.05. The molecule has 1 aromatic carbocycles. The lowest BCUT2D eigenvalue weighted by Crippen LogP contribution is -2.42. The third-order valence-electron chi connectivity index (χ3n) is 5.97. The van der Waals surface area contributed by atoms with Gasteiger partial charge in [0.05, 0.1) is 5.52 Å². The average molecular weight is 378 g/mol. The maximum atomic E-state index is 12.8. The molecule has 0 unspecified atom stereocenters. The molecule has 1 aliphatic carbocycles. The van der Waals surface area contributed by atoms with E-state index in [-0.39, 0.29) is 11.7 Å². The highest BCUT2D eigenvalue weighted by molar-refractivity contribution is 5.86. The van der Waals surface area contributed by atoms with Crippen LogP contribution < -0.4 is 15.2 Å². The minimum atomic E-state index is 0.0443. The standard InChI is InChI=1S/C22H26N4O2/c1-24-11-9-18-19(24)3-2-4-20(18)28-17-7-12-25(13-8-17)21-22(27)26(14-10-23-21)15-16-5-6-16/h2-4,9-11,14,16-17H,5-8,12-13,15H2,1H3. The molecule has 1 saturated carbocycles. The summed E-state index contributed by atoms with van der Waals surface area (Å²) < 4.78 is 10.3. The third kappa shape index (κ3) is 3.28. The number of nitrogens with zero attached hydrogens (tertiary/aromatic N) is 4. The Kier molecular flexibility index (Phi) is 4.34. The molecule has 6 heteroatoms. The molecule has 3 aromatic rings. The van der Waals surface area contributed by atoms with Gasteiger partial charge in [0.15, 0.2) is 5.82 Å². The first kappa shape index (κ1) is 17.3. The van der Waals surface area contributed by atoms with E-state index in [9.17, 15) is 4.79 Å². The minimum absolute atomic E-state index is 0.0443. The van der Waals surface area contributed by atoms with Gasteiger partial charge in [-0.25, -0.2) is 4.98 Å². The first-order valence-electron chi connectivity index (χ1n) is 10.2. The zero-order valence-electron chi connectivity index (χ0n) is 16.3. The Morgan fingerprint density at radius 1 is 1.11 bits per heavy atom. The van der Waals surface area contributed by atoms with E-state index in [1.807, 2.05) is 29.9 Å². The molecule has 2 aliphatic rings. The van der Waals surface area contributed by atoms with Crippen molar-refractivity contribution in [2.24, 2.45) is 13.0 Å². The van der Waals surface area contributed by atoms with Crippen LogP contribution in [0.2, 0.25) is 0 Å². The Morgan fingerprint density at radius 3 is 2.71 bits per heavy atom. The van der Waals surface area contributed by atoms with Gasteiger partial charge in [0.25, 0.3) is 5.56 Å². The van der Waals surface area contributed by atoms with E-state index in [0.717, 1.165) is 43.6 Å². The lowest BCUT2D eigenvalue weighted by molar-refractivity contribution is 0.173. The van der Waals surface area contributed by atoms with Gasteiger partial charge in [-0.1, -0.05) is 6.07 Å². The van der Waals surface area contributed by atoms with Gasteiger partial charge in [-0.05, 0) is 37.0 Å². The average Bonchev–Trinajstić information content (AvgIpc) is 3.45. The number of benzene rings is 1. The molecule has 6 nitrogen and oxygen atoms in total. The number of aromatic nitrogens is 3. The lowest BCUT2D eigenvalue weighted by Gasteiger charge is -2.32. The summed E-state index contributed by atoms with van der Waals surface area (Å²) in [5, 5.41) is 1.15. The van der Waals surface area contributed by atoms with Crippen molar-refractivity contribution in [3.8, 4) is 5.75 Å². The van der Waals surface area contributed by atoms with Crippen LogP contribution in [0.15, 0.2) is 47.7 Å². The van der Waals surface area contributed by atoms with Gasteiger partial charge in [-0.2, -0.15) is 0 Å². The largest absolute Gasteiger partial charge is 0.490 e. The molecule has 3 heterocycles. The summed E-state index contributed by atoms with van der Waals surface area (Å²) in [6.45, 7) is 2.42. The molecule has 146 valence electrons. The summed E-state index contributed by atoms with van der Waals surface area (Å²) in [5.41, 5.74) is 1.22. The monoisotopic (exact) mass is 378 g/mol. The Morgan fingerprint density at radius 2 is 1.93 bits per heavy atom. The van der Waals surface area contributed by atoms with Gasteiger partial charge in [0.2, 0.25) is 0 Å². The van der Waals surface area contributed by atoms with Crippen molar-refractivity contribution in [1.82, 2.24) is 14.1 Å². The summed E-state index contributed by atoms with van der Waals surface area (Å²) in [4.78, 5) is 19.3. The second kappa shape index (κ2) is 7.00. The van der Waals surface area contributed by atoms with Crippen molar-refractivity contribution in [3.05, 3.63) is 53.2 Å². The van der Waals surface area contributed by atoms with Crippen molar-refractivity contribution < 1.29 is 4.74 Å². The van der Waals surface area contributed by atoms with Crippen LogP contribution in [0, 0.1) is 5.92 Å². The zero-order chi connectivity index (χ0) is 19.1. The highest BCUT2D eigenvalue weighted by atomic mass is 16.5. The fourth-order valence-corrected chi connectivity index (χ4v) is 4.12. The molecular weight excluding hydrogens is 352 g/mol. The first-order chi connectivity index (χ1) is 13.7. The molecule has 2 fully saturated rings. The fraction of sp³-hybridized carbons (Fsp3) is 0.455. The Bertz CT molecular complexity index is 1040. The van der Waals surface area contributed by atoms with E-state index in [0.29, 0.717) is 11.7 Å². The number of ether oxygens (including phenoxy) is 1. The van der Waals surface area contributed by atoms with Crippen molar-refractivity contribution in [2.75, 3.05) is 18.0 Å². The van der Waals surface area contributed by atoms with Gasteiger partial charge in [0.1, 0.15) is 11.9 Å². The molecule has 2 aromatic heterocycles. The fourth-order valence-electron chi connectivity index (χ4n) is 4.12. The quantitative estimate of drug-likeness (QED) is 0.684. The highest BCUT2D eigenvalue weighted by Gasteiger charge is 2.26. The van der Waals surface area contributed by atoms with Crippen LogP contribution in [-0.2, 0) is 13.6 Å². The number of rotatable bonds is 5. The Hall–Kier alpha value is -2.76. The molecule has 28 heavy (non-hydrogen) atoms. The van der Waals surface area contributed by atoms with E-state index in [1.165, 1.54) is 18.4 Å². The van der Waals surface area contributed by atoms with Crippen molar-refractivity contribution >= 4 is 16.7 Å². The van der Waals surface area contributed by atoms with Crippen LogP contribution in [0.1, 0.15) is 25.7 Å². The van der Waals surface area contributed by atoms with Gasteiger partial charge >= 0.3 is 0 Å². The molecule has 0 N–H and O–H groups in total. The molecule has 0 amide bonds. The van der Waals surface area contributed by atoms with Crippen molar-refractivity contribution in [1.29, 1.82) is 0 Å². The molecule has 0 atom stereocenters. The van der Waals surface area contributed by atoms with E-state index >= 15 is 0 Å². The zero-order valence-corrected chi connectivity index (χ0v) is 16.3. The van der Waals surface area contributed by atoms with Gasteiger partial charge in [0, 0.05) is 63.5 Å². The van der Waals surface area contributed by atoms with Crippen LogP contribution in [0.25, 0.3) is 10.9 Å². The van der Waals surface area contributed by atoms with E-state index < -0.39 is 0 Å². The molecule has 0 radical (unpaired) electrons. The SMILES string of the molecule is Cn1ccc2c(OC3CCN(c4nccn(CC5CC5)c4=O)CC3)cccc21. The summed E-state index contributed by atoms with van der Waals surface area (Å²) >= 11 is 0. The topological polar surface area (TPSA) is 52.3 Å². The Labute approximate surface area is 164 Å². The van der Waals surface area contributed by atoms with E-state index in [4.69, 9.17) is 4.74 Å². The number of hydrogen-bond acceptors (Lipinski definition) is 4. The molecule has 0 spiro atoms. The van der Waals surface area contributed by atoms with E-state index in [2.05, 4.69) is 32.8 Å². The second-order valence-corrected chi connectivity index (χ2v) is 8.07. The highest BCUT2D eigenvalue weighted by Crippen LogP contribution is 2.31. The summed E-state index contributed by atoms with van der Waals surface area (Å²) in [6, 6.07) is 8.31. The van der Waals surface area contributed by atoms with Crippen molar-refractivity contribution in [2.45, 2.75) is 38.3 Å². The lowest BCUT2D eigenvalue weighted by atomic mass is 10.1. The number of fused-ring (bicyclic) bond motifs is 1. The number of anilines is 1. The summed E-state index contributed by atoms with van der Waals surface area (Å²) in [5.74, 6) is 2.21. The number of hydrogen-bond donors (Lipinski definition) is 0. The predicted molar refractivity (Wildman–Crippen MR) is 110 cm³/mol. The van der Waals surface area contributed by atoms with Crippen LogP contribution in [0.3, 0.4) is 0 Å². The smallest absolute Gasteiger partial charge is 0.293 e. The molecule has 1 saturated heterocycles. The predicted octanol–water partition coefficient (Wildman–Crippen LogP) is 3.19. The second-order valence-electron chi connectivity index (χ2n) is 8.07. The molecule has 1 aliphatic heterocycles. The Balaban J connectivity index is 1.27. The van der Waals surface area contributed by atoms with Crippen LogP contribution in [0.5, 0.6) is 5.75 Å². The molecule has 0 bridgehead atoms. The maximum absolute atomic E-state index is 12.8. The van der Waals surface area contributed by atoms with Crippen LogP contribution in [0.4, 0.5) is 5.82 Å². The first-order valence-corrected chi connectivity index (χ1v) is 10.2. The third-order valence-corrected chi connectivity index (χ3v) is 5.97. The van der Waals surface area contributed by atoms with Gasteiger partial charge in [-0.15, -0.1) is 0 Å². The van der Waals surface area contributed by atoms with Crippen LogP contribution in [-0.4, -0.2) is 33.3 Å². The molecule has 5 rings (SSSR count).